The number of hydrogen-bond acceptors (Lipinski definition) is 2. The minimum absolute atomic E-state index is 0. The third-order valence-electron chi connectivity index (χ3n) is 1.58. The van der Waals surface area contributed by atoms with Crippen molar-refractivity contribution >= 4 is 37.1 Å². The van der Waals surface area contributed by atoms with E-state index in [1.807, 2.05) is 30.3 Å². The van der Waals surface area contributed by atoms with Crippen LogP contribution in [0.15, 0.2) is 36.4 Å². The zero-order chi connectivity index (χ0) is 7.68. The monoisotopic (exact) mass is 357 g/mol. The molecule has 0 aliphatic rings. The number of para-hydroxylation sites is 1. The summed E-state index contributed by atoms with van der Waals surface area (Å²) in [5.74, 6) is 0.0729. The Balaban J connectivity index is 0.000000720. The zero-order valence-corrected chi connectivity index (χ0v) is 12.1. The van der Waals surface area contributed by atoms with E-state index >= 15 is 0 Å². The van der Waals surface area contributed by atoms with Gasteiger partial charge in [-0.05, 0) is 12.1 Å². The van der Waals surface area contributed by atoms with Gasteiger partial charge in [0.1, 0.15) is 0 Å². The van der Waals surface area contributed by atoms with Crippen LogP contribution in [-0.4, -0.2) is 36.3 Å². The van der Waals surface area contributed by atoms with Crippen LogP contribution in [0.3, 0.4) is 0 Å². The Bertz CT molecular complexity index is 389. The van der Waals surface area contributed by atoms with Crippen molar-refractivity contribution in [2.75, 3.05) is 0 Å². The fraction of sp³-hybridized carbons (Fsp3) is 0. The first kappa shape index (κ1) is 9.40. The van der Waals surface area contributed by atoms with Crippen LogP contribution >= 0.6 is 0 Å². The molecule has 0 fully saturated rings. The van der Waals surface area contributed by atoms with Crippen LogP contribution in [0.5, 0.6) is 5.88 Å². The van der Waals surface area contributed by atoms with Gasteiger partial charge in [-0.3, -0.25) is 0 Å². The van der Waals surface area contributed by atoms with Gasteiger partial charge in [0.15, 0.2) is 0 Å². The van der Waals surface area contributed by atoms with Gasteiger partial charge in [-0.2, -0.15) is 0 Å². The molecular formula is C9H10BiNO. The van der Waals surface area contributed by atoms with Crippen LogP contribution in [0.2, 0.25) is 0 Å². The first-order valence-corrected chi connectivity index (χ1v) is 3.41. The van der Waals surface area contributed by atoms with Crippen LogP contribution in [0.25, 0.3) is 10.9 Å². The molecule has 2 rings (SSSR count). The van der Waals surface area contributed by atoms with Crippen molar-refractivity contribution in [3.8, 4) is 5.88 Å². The van der Waals surface area contributed by atoms with E-state index in [1.54, 1.807) is 6.07 Å². The third-order valence-corrected chi connectivity index (χ3v) is 1.58. The van der Waals surface area contributed by atoms with Gasteiger partial charge in [-0.15, -0.1) is 0 Å². The molecule has 0 unspecified atom stereocenters. The Morgan fingerprint density at radius 2 is 1.75 bits per heavy atom. The molecule has 0 radical (unpaired) electrons. The molecule has 1 N–H and O–H groups in total. The summed E-state index contributed by atoms with van der Waals surface area (Å²) in [6, 6.07) is 11.1. The summed E-state index contributed by atoms with van der Waals surface area (Å²) in [4.78, 5) is 3.93. The summed E-state index contributed by atoms with van der Waals surface area (Å²) in [6.45, 7) is 0. The summed E-state index contributed by atoms with van der Waals surface area (Å²) in [5, 5.41) is 10.1. The quantitative estimate of drug-likeness (QED) is 0.707. The molecule has 1 aromatic carbocycles. The van der Waals surface area contributed by atoms with Gasteiger partial charge in [0.2, 0.25) is 5.88 Å². The second kappa shape index (κ2) is 3.81. The topological polar surface area (TPSA) is 33.1 Å². The standard InChI is InChI=1S/C9H7NO.Bi.3H/c11-9-6-5-7-3-1-2-4-8(7)10-9;;;;/h1-6H,(H,10,11);;;;. The van der Waals surface area contributed by atoms with Crippen molar-refractivity contribution < 1.29 is 5.11 Å². The van der Waals surface area contributed by atoms with Gasteiger partial charge in [0, 0.05) is 11.5 Å². The average Bonchev–Trinajstić information content (AvgIpc) is 2.04. The Morgan fingerprint density at radius 1 is 1.00 bits per heavy atom. The summed E-state index contributed by atoms with van der Waals surface area (Å²) >= 11 is 0. The van der Waals surface area contributed by atoms with E-state index in [4.69, 9.17) is 5.11 Å². The van der Waals surface area contributed by atoms with Gasteiger partial charge in [-0.1, -0.05) is 18.2 Å². The summed E-state index contributed by atoms with van der Waals surface area (Å²) < 4.78 is 0. The van der Waals surface area contributed by atoms with E-state index in [0.29, 0.717) is 0 Å². The first-order chi connectivity index (χ1) is 5.36. The molecule has 0 saturated heterocycles. The molecular weight excluding hydrogens is 347 g/mol. The number of aromatic hydroxyl groups is 1. The van der Waals surface area contributed by atoms with Gasteiger partial charge in [-0.25, -0.2) is 4.98 Å². The summed E-state index contributed by atoms with van der Waals surface area (Å²) in [7, 11) is 0. The van der Waals surface area contributed by atoms with Crippen molar-refractivity contribution in [2.45, 2.75) is 0 Å². The average molecular weight is 357 g/mol. The molecule has 62 valence electrons. The van der Waals surface area contributed by atoms with E-state index in [-0.39, 0.29) is 32.1 Å². The van der Waals surface area contributed by atoms with E-state index in [0.717, 1.165) is 10.9 Å². The van der Waals surface area contributed by atoms with E-state index in [1.165, 1.54) is 0 Å². The van der Waals surface area contributed by atoms with Crippen LogP contribution in [0.1, 0.15) is 0 Å². The van der Waals surface area contributed by atoms with E-state index in [9.17, 15) is 0 Å². The molecule has 0 atom stereocenters. The molecule has 3 heteroatoms. The molecule has 1 heterocycles. The molecule has 12 heavy (non-hydrogen) atoms. The second-order valence-corrected chi connectivity index (χ2v) is 2.36. The third kappa shape index (κ3) is 1.73. The molecule has 1 aromatic heterocycles. The number of benzene rings is 1. The predicted molar refractivity (Wildman–Crippen MR) is 53.3 cm³/mol. The first-order valence-electron chi connectivity index (χ1n) is 3.41. The van der Waals surface area contributed by atoms with Crippen molar-refractivity contribution in [2.24, 2.45) is 0 Å². The fourth-order valence-electron chi connectivity index (χ4n) is 1.06. The molecule has 0 amide bonds. The van der Waals surface area contributed by atoms with Crippen molar-refractivity contribution in [1.82, 2.24) is 4.98 Å². The van der Waals surface area contributed by atoms with Crippen LogP contribution in [0.4, 0.5) is 0 Å². The van der Waals surface area contributed by atoms with Crippen LogP contribution in [-0.2, 0) is 0 Å². The molecule has 0 bridgehead atoms. The molecule has 0 spiro atoms. The summed E-state index contributed by atoms with van der Waals surface area (Å²) in [6.07, 6.45) is 0. The normalized spacial score (nSPS) is 9.33. The van der Waals surface area contributed by atoms with Crippen molar-refractivity contribution in [3.63, 3.8) is 0 Å². The number of pyridine rings is 1. The Morgan fingerprint density at radius 3 is 2.58 bits per heavy atom. The van der Waals surface area contributed by atoms with Crippen LogP contribution in [0, 0.1) is 0 Å². The molecule has 2 aromatic rings. The van der Waals surface area contributed by atoms with Crippen molar-refractivity contribution in [3.05, 3.63) is 36.4 Å². The Labute approximate surface area is 89.4 Å². The molecule has 2 nitrogen and oxygen atoms in total. The Kier molecular flexibility index (Phi) is 2.99. The van der Waals surface area contributed by atoms with Crippen LogP contribution < -0.4 is 0 Å². The number of nitrogens with zero attached hydrogens (tertiary/aromatic N) is 1. The zero-order valence-electron chi connectivity index (χ0n) is 6.57. The number of fused-ring (bicyclic) bond motifs is 1. The van der Waals surface area contributed by atoms with Gasteiger partial charge < -0.3 is 5.11 Å². The van der Waals surface area contributed by atoms with Gasteiger partial charge >= 0.3 is 26.2 Å². The number of aromatic nitrogens is 1. The van der Waals surface area contributed by atoms with Gasteiger partial charge in [0.05, 0.1) is 5.52 Å². The second-order valence-electron chi connectivity index (χ2n) is 2.36. The fourth-order valence-corrected chi connectivity index (χ4v) is 1.06. The van der Waals surface area contributed by atoms with Gasteiger partial charge in [0.25, 0.3) is 0 Å². The van der Waals surface area contributed by atoms with E-state index < -0.39 is 0 Å². The number of hydrogen-bond donors (Lipinski definition) is 1. The maximum atomic E-state index is 9.02. The molecule has 0 aliphatic heterocycles. The number of rotatable bonds is 0. The minimum atomic E-state index is 0. The van der Waals surface area contributed by atoms with Crippen molar-refractivity contribution in [1.29, 1.82) is 0 Å². The SMILES string of the molecule is Oc1ccc2ccccc2n1.[BiH3]. The predicted octanol–water partition coefficient (Wildman–Crippen LogP) is 0.756. The Hall–Kier alpha value is -0.687. The molecule has 0 saturated carbocycles. The maximum absolute atomic E-state index is 9.02. The molecule has 0 aliphatic carbocycles. The van der Waals surface area contributed by atoms with E-state index in [2.05, 4.69) is 4.98 Å². The summed E-state index contributed by atoms with van der Waals surface area (Å²) in [5.41, 5.74) is 0.826.